The van der Waals surface area contributed by atoms with E-state index in [0.29, 0.717) is 11.1 Å². The SMILES string of the molecule is CCOP1(=O)Oc2ccc(C)cc2C=C1/C=C/C(=O)OC. The van der Waals surface area contributed by atoms with Crippen LogP contribution in [0.2, 0.25) is 0 Å². The first-order valence-electron chi connectivity index (χ1n) is 6.51. The van der Waals surface area contributed by atoms with Crippen LogP contribution in [0.25, 0.3) is 6.08 Å². The number of carbonyl (C=O) groups excluding carboxylic acids is 1. The summed E-state index contributed by atoms with van der Waals surface area (Å²) in [5.41, 5.74) is 1.85. The minimum atomic E-state index is -3.47. The van der Waals surface area contributed by atoms with Gasteiger partial charge in [0.05, 0.1) is 19.0 Å². The first kappa shape index (κ1) is 15.5. The highest BCUT2D eigenvalue weighted by molar-refractivity contribution is 7.59. The summed E-state index contributed by atoms with van der Waals surface area (Å²) in [6, 6.07) is 5.54. The molecule has 1 aliphatic heterocycles. The van der Waals surface area contributed by atoms with Crippen molar-refractivity contribution in [2.75, 3.05) is 13.7 Å². The summed E-state index contributed by atoms with van der Waals surface area (Å²) < 4.78 is 28.2. The largest absolute Gasteiger partial charge is 0.466 e. The van der Waals surface area contributed by atoms with E-state index in [1.807, 2.05) is 19.1 Å². The fourth-order valence-corrected chi connectivity index (χ4v) is 3.54. The van der Waals surface area contributed by atoms with Crippen molar-refractivity contribution in [1.82, 2.24) is 0 Å². The Morgan fingerprint density at radius 1 is 1.43 bits per heavy atom. The molecule has 0 amide bonds. The van der Waals surface area contributed by atoms with Crippen LogP contribution in [-0.4, -0.2) is 19.7 Å². The topological polar surface area (TPSA) is 61.8 Å². The van der Waals surface area contributed by atoms with Crippen LogP contribution in [0.4, 0.5) is 0 Å². The monoisotopic (exact) mass is 308 g/mol. The van der Waals surface area contributed by atoms with Gasteiger partial charge < -0.3 is 9.26 Å². The van der Waals surface area contributed by atoms with Gasteiger partial charge in [-0.05, 0) is 38.1 Å². The van der Waals surface area contributed by atoms with E-state index in [-0.39, 0.29) is 6.61 Å². The summed E-state index contributed by atoms with van der Waals surface area (Å²) in [7, 11) is -2.19. The molecule has 112 valence electrons. The second-order valence-electron chi connectivity index (χ2n) is 4.47. The van der Waals surface area contributed by atoms with Gasteiger partial charge >= 0.3 is 13.6 Å². The van der Waals surface area contributed by atoms with E-state index in [1.54, 1.807) is 19.1 Å². The first-order valence-corrected chi connectivity index (χ1v) is 8.06. The van der Waals surface area contributed by atoms with E-state index in [9.17, 15) is 9.36 Å². The van der Waals surface area contributed by atoms with E-state index in [0.717, 1.165) is 11.1 Å². The smallest absolute Gasteiger partial charge is 0.410 e. The van der Waals surface area contributed by atoms with Gasteiger partial charge in [-0.25, -0.2) is 9.36 Å². The molecule has 21 heavy (non-hydrogen) atoms. The Hall–Kier alpha value is -1.84. The van der Waals surface area contributed by atoms with Crippen LogP contribution >= 0.6 is 7.60 Å². The molecule has 0 saturated heterocycles. The lowest BCUT2D eigenvalue weighted by atomic mass is 10.1. The fourth-order valence-electron chi connectivity index (χ4n) is 1.92. The van der Waals surface area contributed by atoms with E-state index >= 15 is 0 Å². The van der Waals surface area contributed by atoms with Crippen molar-refractivity contribution in [2.45, 2.75) is 13.8 Å². The molecule has 0 aromatic heterocycles. The molecule has 0 saturated carbocycles. The van der Waals surface area contributed by atoms with E-state index < -0.39 is 13.6 Å². The number of benzene rings is 1. The number of rotatable bonds is 4. The van der Waals surface area contributed by atoms with E-state index in [1.165, 1.54) is 19.3 Å². The molecular weight excluding hydrogens is 291 g/mol. The normalized spacial score (nSPS) is 20.6. The molecule has 1 heterocycles. The summed E-state index contributed by atoms with van der Waals surface area (Å²) in [6.45, 7) is 3.92. The zero-order valence-corrected chi connectivity index (χ0v) is 13.1. The molecular formula is C15H17O5P. The quantitative estimate of drug-likeness (QED) is 0.482. The van der Waals surface area contributed by atoms with Crippen molar-refractivity contribution in [3.05, 3.63) is 46.8 Å². The number of hydrogen-bond donors (Lipinski definition) is 0. The third kappa shape index (κ3) is 3.43. The Morgan fingerprint density at radius 2 is 2.19 bits per heavy atom. The molecule has 2 rings (SSSR count). The first-order chi connectivity index (χ1) is 9.98. The number of allylic oxidation sites excluding steroid dienone is 2. The van der Waals surface area contributed by atoms with Crippen LogP contribution < -0.4 is 4.52 Å². The van der Waals surface area contributed by atoms with Gasteiger partial charge in [0, 0.05) is 11.6 Å². The summed E-state index contributed by atoms with van der Waals surface area (Å²) in [5, 5.41) is 0.327. The second kappa shape index (κ2) is 6.29. The predicted octanol–water partition coefficient (Wildman–Crippen LogP) is 3.69. The summed E-state index contributed by atoms with van der Waals surface area (Å²) in [6.07, 6.45) is 4.32. The average molecular weight is 308 g/mol. The summed E-state index contributed by atoms with van der Waals surface area (Å²) >= 11 is 0. The third-order valence-electron chi connectivity index (χ3n) is 2.89. The molecule has 1 unspecified atom stereocenters. The standard InChI is InChI=1S/C15H17O5P/c1-4-19-21(17)13(6-8-15(16)18-3)10-12-9-11(2)5-7-14(12)20-21/h5-10H,4H2,1-3H3/b8-6+. The Kier molecular flexibility index (Phi) is 4.66. The van der Waals surface area contributed by atoms with Crippen molar-refractivity contribution in [3.63, 3.8) is 0 Å². The lowest BCUT2D eigenvalue weighted by Crippen LogP contribution is -2.06. The van der Waals surface area contributed by atoms with Gasteiger partial charge in [0.25, 0.3) is 0 Å². The van der Waals surface area contributed by atoms with Crippen LogP contribution in [0.5, 0.6) is 5.75 Å². The number of carbonyl (C=O) groups is 1. The minimum Gasteiger partial charge on any atom is -0.466 e. The van der Waals surface area contributed by atoms with Gasteiger partial charge in [0.2, 0.25) is 0 Å². The molecule has 0 aliphatic carbocycles. The van der Waals surface area contributed by atoms with Crippen LogP contribution in [0, 0.1) is 6.92 Å². The highest BCUT2D eigenvalue weighted by Gasteiger charge is 2.34. The molecule has 5 nitrogen and oxygen atoms in total. The number of hydrogen-bond acceptors (Lipinski definition) is 5. The molecule has 0 N–H and O–H groups in total. The number of aryl methyl sites for hydroxylation is 1. The highest BCUT2D eigenvalue weighted by atomic mass is 31.2. The lowest BCUT2D eigenvalue weighted by molar-refractivity contribution is -0.134. The molecule has 6 heteroatoms. The van der Waals surface area contributed by atoms with Crippen molar-refractivity contribution in [1.29, 1.82) is 0 Å². The molecule has 0 spiro atoms. The number of fused-ring (bicyclic) bond motifs is 1. The second-order valence-corrected chi connectivity index (χ2v) is 6.43. The van der Waals surface area contributed by atoms with Gasteiger partial charge in [0.1, 0.15) is 5.75 Å². The Morgan fingerprint density at radius 3 is 2.86 bits per heavy atom. The van der Waals surface area contributed by atoms with Crippen molar-refractivity contribution < 1.29 is 23.1 Å². The average Bonchev–Trinajstić information content (AvgIpc) is 2.45. The number of methoxy groups -OCH3 is 1. The predicted molar refractivity (Wildman–Crippen MR) is 80.2 cm³/mol. The van der Waals surface area contributed by atoms with Crippen LogP contribution in [0.3, 0.4) is 0 Å². The van der Waals surface area contributed by atoms with Crippen molar-refractivity contribution >= 4 is 19.6 Å². The van der Waals surface area contributed by atoms with E-state index in [2.05, 4.69) is 4.74 Å². The maximum Gasteiger partial charge on any atom is 0.410 e. The van der Waals surface area contributed by atoms with Crippen molar-refractivity contribution in [2.24, 2.45) is 0 Å². The van der Waals surface area contributed by atoms with Crippen LogP contribution in [0.1, 0.15) is 18.1 Å². The summed E-state index contributed by atoms with van der Waals surface area (Å²) in [4.78, 5) is 11.2. The molecule has 1 aliphatic rings. The summed E-state index contributed by atoms with van der Waals surface area (Å²) in [5.74, 6) is -0.0263. The van der Waals surface area contributed by atoms with Gasteiger partial charge in [-0.2, -0.15) is 0 Å². The zero-order valence-electron chi connectivity index (χ0n) is 12.2. The van der Waals surface area contributed by atoms with Crippen molar-refractivity contribution in [3.8, 4) is 5.75 Å². The molecule has 0 bridgehead atoms. The van der Waals surface area contributed by atoms with Gasteiger partial charge in [-0.3, -0.25) is 4.52 Å². The minimum absolute atomic E-state index is 0.238. The van der Waals surface area contributed by atoms with Gasteiger partial charge in [0.15, 0.2) is 0 Å². The van der Waals surface area contributed by atoms with Crippen LogP contribution in [0.15, 0.2) is 35.7 Å². The van der Waals surface area contributed by atoms with Crippen LogP contribution in [-0.2, 0) is 18.6 Å². The Balaban J connectivity index is 2.46. The molecule has 1 atom stereocenters. The van der Waals surface area contributed by atoms with Gasteiger partial charge in [-0.1, -0.05) is 11.6 Å². The Labute approximate surface area is 123 Å². The van der Waals surface area contributed by atoms with E-state index in [4.69, 9.17) is 9.05 Å². The highest BCUT2D eigenvalue weighted by Crippen LogP contribution is 2.60. The zero-order chi connectivity index (χ0) is 15.5. The molecule has 0 fully saturated rings. The molecule has 1 aromatic carbocycles. The van der Waals surface area contributed by atoms with Gasteiger partial charge in [-0.15, -0.1) is 0 Å². The molecule has 1 aromatic rings. The maximum absolute atomic E-state index is 12.8. The maximum atomic E-state index is 12.8. The lowest BCUT2D eigenvalue weighted by Gasteiger charge is -2.25. The number of esters is 1. The Bertz CT molecular complexity index is 660. The third-order valence-corrected chi connectivity index (χ3v) is 4.84. The fraction of sp³-hybridized carbons (Fsp3) is 0.267. The molecule has 0 radical (unpaired) electrons. The number of ether oxygens (including phenoxy) is 1.